The van der Waals surface area contributed by atoms with Gasteiger partial charge in [0.05, 0.1) is 12.6 Å². The molecular formula is C10H19N3O2. The fourth-order valence-corrected chi connectivity index (χ4v) is 1.44. The third-order valence-corrected chi connectivity index (χ3v) is 2.24. The van der Waals surface area contributed by atoms with Gasteiger partial charge in [-0.15, -0.1) is 0 Å². The van der Waals surface area contributed by atoms with Crippen LogP contribution in [0.5, 0.6) is 0 Å². The molecule has 1 atom stereocenters. The molecule has 86 valence electrons. The van der Waals surface area contributed by atoms with Crippen molar-refractivity contribution in [2.45, 2.75) is 25.8 Å². The highest BCUT2D eigenvalue weighted by molar-refractivity contribution is 4.78. The van der Waals surface area contributed by atoms with Crippen molar-refractivity contribution in [1.82, 2.24) is 15.1 Å². The van der Waals surface area contributed by atoms with Gasteiger partial charge in [0.15, 0.2) is 6.29 Å². The molecule has 0 aliphatic rings. The lowest BCUT2D eigenvalue weighted by molar-refractivity contribution is -0.119. The van der Waals surface area contributed by atoms with Gasteiger partial charge in [-0.25, -0.2) is 0 Å². The number of nitrogens with one attached hydrogen (secondary N) is 1. The Bertz CT molecular complexity index is 247. The van der Waals surface area contributed by atoms with Gasteiger partial charge in [-0.2, -0.15) is 5.10 Å². The van der Waals surface area contributed by atoms with E-state index in [1.165, 1.54) is 0 Å². The summed E-state index contributed by atoms with van der Waals surface area (Å²) in [5.41, 5.74) is 0. The van der Waals surface area contributed by atoms with Crippen LogP contribution in [-0.2, 0) is 16.0 Å². The summed E-state index contributed by atoms with van der Waals surface area (Å²) in [5, 5.41) is 7.42. The average molecular weight is 213 g/mol. The minimum atomic E-state index is -0.206. The Morgan fingerprint density at radius 1 is 1.40 bits per heavy atom. The summed E-state index contributed by atoms with van der Waals surface area (Å²) >= 11 is 0. The zero-order chi connectivity index (χ0) is 11.1. The molecule has 0 amide bonds. The first kappa shape index (κ1) is 12.2. The van der Waals surface area contributed by atoms with Crippen LogP contribution >= 0.6 is 0 Å². The Morgan fingerprint density at radius 3 is 2.67 bits per heavy atom. The van der Waals surface area contributed by atoms with Crippen LogP contribution in [0.15, 0.2) is 18.5 Å². The number of hydrogen-bond acceptors (Lipinski definition) is 4. The van der Waals surface area contributed by atoms with Crippen LogP contribution in [0, 0.1) is 0 Å². The number of ether oxygens (including phenoxy) is 2. The molecule has 1 heterocycles. The monoisotopic (exact) mass is 213 g/mol. The zero-order valence-electron chi connectivity index (χ0n) is 9.51. The highest BCUT2D eigenvalue weighted by atomic mass is 16.7. The Morgan fingerprint density at radius 2 is 2.13 bits per heavy atom. The SMILES string of the molecule is COC(OC)C(C)NCCn1cccn1. The first-order valence-electron chi connectivity index (χ1n) is 5.04. The molecule has 0 spiro atoms. The van der Waals surface area contributed by atoms with Gasteiger partial charge in [0.1, 0.15) is 0 Å². The van der Waals surface area contributed by atoms with E-state index in [0.29, 0.717) is 0 Å². The second-order valence-corrected chi connectivity index (χ2v) is 3.35. The molecule has 5 nitrogen and oxygen atoms in total. The maximum Gasteiger partial charge on any atom is 0.171 e. The van der Waals surface area contributed by atoms with Crippen LogP contribution in [0.1, 0.15) is 6.92 Å². The lowest BCUT2D eigenvalue weighted by atomic mass is 10.3. The minimum absolute atomic E-state index is 0.163. The summed E-state index contributed by atoms with van der Waals surface area (Å²) in [7, 11) is 3.28. The van der Waals surface area contributed by atoms with E-state index in [2.05, 4.69) is 10.4 Å². The molecule has 0 fully saturated rings. The van der Waals surface area contributed by atoms with Crippen molar-refractivity contribution in [3.05, 3.63) is 18.5 Å². The van der Waals surface area contributed by atoms with E-state index in [1.807, 2.05) is 23.9 Å². The smallest absolute Gasteiger partial charge is 0.171 e. The van der Waals surface area contributed by atoms with Crippen LogP contribution < -0.4 is 5.32 Å². The van der Waals surface area contributed by atoms with Gasteiger partial charge < -0.3 is 14.8 Å². The number of rotatable bonds is 7. The van der Waals surface area contributed by atoms with E-state index in [0.717, 1.165) is 13.1 Å². The van der Waals surface area contributed by atoms with E-state index in [1.54, 1.807) is 20.4 Å². The van der Waals surface area contributed by atoms with Crippen LogP contribution in [0.3, 0.4) is 0 Å². The molecule has 1 N–H and O–H groups in total. The minimum Gasteiger partial charge on any atom is -0.354 e. The van der Waals surface area contributed by atoms with Crippen molar-refractivity contribution in [2.24, 2.45) is 0 Å². The predicted octanol–water partition coefficient (Wildman–Crippen LogP) is 0.480. The molecule has 0 aliphatic carbocycles. The van der Waals surface area contributed by atoms with E-state index in [4.69, 9.17) is 9.47 Å². The number of methoxy groups -OCH3 is 2. The number of nitrogens with zero attached hydrogens (tertiary/aromatic N) is 2. The van der Waals surface area contributed by atoms with Crippen LogP contribution in [0.4, 0.5) is 0 Å². The summed E-state index contributed by atoms with van der Waals surface area (Å²) in [6.45, 7) is 3.71. The topological polar surface area (TPSA) is 48.3 Å². The summed E-state index contributed by atoms with van der Waals surface area (Å²) < 4.78 is 12.2. The number of aromatic nitrogens is 2. The maximum absolute atomic E-state index is 5.14. The van der Waals surface area contributed by atoms with Gasteiger partial charge >= 0.3 is 0 Å². The Balaban J connectivity index is 2.19. The molecule has 1 aromatic heterocycles. The Kier molecular flexibility index (Phi) is 5.31. The molecular weight excluding hydrogens is 194 g/mol. The molecule has 0 bridgehead atoms. The Hall–Kier alpha value is -0.910. The van der Waals surface area contributed by atoms with Crippen molar-refractivity contribution < 1.29 is 9.47 Å². The van der Waals surface area contributed by atoms with Gasteiger partial charge in [-0.3, -0.25) is 4.68 Å². The molecule has 15 heavy (non-hydrogen) atoms. The summed E-state index contributed by atoms with van der Waals surface area (Å²) in [6.07, 6.45) is 3.51. The van der Waals surface area contributed by atoms with Crippen molar-refractivity contribution in [1.29, 1.82) is 0 Å². The molecule has 1 unspecified atom stereocenters. The van der Waals surface area contributed by atoms with E-state index in [-0.39, 0.29) is 12.3 Å². The quantitative estimate of drug-likeness (QED) is 0.669. The van der Waals surface area contributed by atoms with Gasteiger partial charge in [0.2, 0.25) is 0 Å². The highest BCUT2D eigenvalue weighted by Crippen LogP contribution is 1.97. The lowest BCUT2D eigenvalue weighted by Gasteiger charge is -2.22. The van der Waals surface area contributed by atoms with Crippen LogP contribution in [0.25, 0.3) is 0 Å². The number of hydrogen-bond donors (Lipinski definition) is 1. The van der Waals surface area contributed by atoms with Crippen LogP contribution in [0.2, 0.25) is 0 Å². The van der Waals surface area contributed by atoms with Crippen molar-refractivity contribution in [2.75, 3.05) is 20.8 Å². The van der Waals surface area contributed by atoms with Crippen molar-refractivity contribution in [3.63, 3.8) is 0 Å². The molecule has 0 aliphatic heterocycles. The fraction of sp³-hybridized carbons (Fsp3) is 0.700. The van der Waals surface area contributed by atoms with Gasteiger partial charge in [0, 0.05) is 33.2 Å². The molecule has 1 rings (SSSR count). The third kappa shape index (κ3) is 3.99. The standard InChI is InChI=1S/C10H19N3O2/c1-9(10(14-2)15-3)11-6-8-13-7-4-5-12-13/h4-5,7,9-11H,6,8H2,1-3H3. The zero-order valence-corrected chi connectivity index (χ0v) is 9.51. The predicted molar refractivity (Wildman–Crippen MR) is 57.5 cm³/mol. The summed E-state index contributed by atoms with van der Waals surface area (Å²) in [4.78, 5) is 0. The molecule has 5 heteroatoms. The molecule has 0 aromatic carbocycles. The van der Waals surface area contributed by atoms with E-state index < -0.39 is 0 Å². The van der Waals surface area contributed by atoms with E-state index >= 15 is 0 Å². The summed E-state index contributed by atoms with van der Waals surface area (Å²) in [6, 6.07) is 2.08. The molecule has 0 saturated carbocycles. The second kappa shape index (κ2) is 6.55. The average Bonchev–Trinajstić information content (AvgIpc) is 2.72. The largest absolute Gasteiger partial charge is 0.354 e. The maximum atomic E-state index is 5.14. The van der Waals surface area contributed by atoms with Crippen LogP contribution in [-0.4, -0.2) is 42.9 Å². The highest BCUT2D eigenvalue weighted by Gasteiger charge is 2.14. The normalized spacial score (nSPS) is 13.3. The summed E-state index contributed by atoms with van der Waals surface area (Å²) in [5.74, 6) is 0. The first-order chi connectivity index (χ1) is 7.27. The molecule has 0 saturated heterocycles. The van der Waals surface area contributed by atoms with Gasteiger partial charge in [0.25, 0.3) is 0 Å². The molecule has 0 radical (unpaired) electrons. The third-order valence-electron chi connectivity index (χ3n) is 2.24. The Labute approximate surface area is 90.4 Å². The second-order valence-electron chi connectivity index (χ2n) is 3.35. The van der Waals surface area contributed by atoms with Gasteiger partial charge in [-0.05, 0) is 13.0 Å². The molecule has 1 aromatic rings. The lowest BCUT2D eigenvalue weighted by Crippen LogP contribution is -2.41. The van der Waals surface area contributed by atoms with Crippen molar-refractivity contribution >= 4 is 0 Å². The first-order valence-corrected chi connectivity index (χ1v) is 5.04. The van der Waals surface area contributed by atoms with Crippen molar-refractivity contribution in [3.8, 4) is 0 Å². The van der Waals surface area contributed by atoms with Gasteiger partial charge in [-0.1, -0.05) is 0 Å². The fourth-order valence-electron chi connectivity index (χ4n) is 1.44. The van der Waals surface area contributed by atoms with E-state index in [9.17, 15) is 0 Å².